The second-order valence-corrected chi connectivity index (χ2v) is 11.4. The number of alkyl halides is 5. The van der Waals surface area contributed by atoms with E-state index in [9.17, 15) is 22.4 Å². The van der Waals surface area contributed by atoms with E-state index in [1.807, 2.05) is 0 Å². The highest BCUT2D eigenvalue weighted by atomic mass is 19.3. The largest absolute Gasteiger partial charge is 0.433 e. The van der Waals surface area contributed by atoms with Crippen molar-refractivity contribution in [2.75, 3.05) is 24.5 Å². The van der Waals surface area contributed by atoms with Crippen LogP contribution in [-0.4, -0.2) is 58.7 Å². The van der Waals surface area contributed by atoms with E-state index >= 15 is 8.78 Å². The van der Waals surface area contributed by atoms with E-state index < -0.39 is 60.8 Å². The summed E-state index contributed by atoms with van der Waals surface area (Å²) in [5, 5.41) is 7.81. The van der Waals surface area contributed by atoms with E-state index in [-0.39, 0.29) is 47.4 Å². The highest BCUT2D eigenvalue weighted by Crippen LogP contribution is 2.44. The van der Waals surface area contributed by atoms with Crippen LogP contribution in [0, 0.1) is 5.82 Å². The van der Waals surface area contributed by atoms with Crippen LogP contribution < -0.4 is 15.4 Å². The van der Waals surface area contributed by atoms with E-state index in [1.165, 1.54) is 42.2 Å². The number of nitrogens with two attached hydrogens (primary N) is 1. The maximum absolute atomic E-state index is 15.9. The van der Waals surface area contributed by atoms with E-state index in [2.05, 4.69) is 14.9 Å². The molecule has 5 rings (SSSR count). The van der Waals surface area contributed by atoms with Gasteiger partial charge >= 0.3 is 6.11 Å². The first-order valence-corrected chi connectivity index (χ1v) is 13.7. The molecule has 2 aliphatic heterocycles. The number of anilines is 1. The minimum absolute atomic E-state index is 0.0131. The number of likely N-dealkylation sites (tertiary alicyclic amines) is 1. The number of carbonyl (C=O) groups excluding carboxylic acids is 1. The molecule has 1 amide bonds. The van der Waals surface area contributed by atoms with Gasteiger partial charge in [0.15, 0.2) is 0 Å². The second-order valence-electron chi connectivity index (χ2n) is 11.4. The number of hydrogen-bond donors (Lipinski definition) is 1. The van der Waals surface area contributed by atoms with Crippen LogP contribution in [-0.2, 0) is 17.0 Å². The zero-order valence-corrected chi connectivity index (χ0v) is 23.7. The van der Waals surface area contributed by atoms with Gasteiger partial charge < -0.3 is 19.8 Å². The smallest absolute Gasteiger partial charge is 0.394 e. The average molecular weight is 612 g/mol. The molecular formula is C29H31F6N5O3. The third-order valence-corrected chi connectivity index (χ3v) is 7.63. The van der Waals surface area contributed by atoms with Crippen LogP contribution in [0.2, 0.25) is 0 Å². The average Bonchev–Trinajstić information content (AvgIpc) is 3.38. The molecule has 0 spiro atoms. The summed E-state index contributed by atoms with van der Waals surface area (Å²) in [6.45, 7) is 3.62. The maximum atomic E-state index is 15.9. The number of piperidine rings is 1. The number of amides is 1. The number of fused-ring (bicyclic) bond motifs is 1. The molecule has 14 heteroatoms. The molecule has 8 nitrogen and oxygen atoms in total. The van der Waals surface area contributed by atoms with Crippen molar-refractivity contribution in [3.63, 3.8) is 0 Å². The number of ether oxygens (including phenoxy) is 1. The van der Waals surface area contributed by atoms with Gasteiger partial charge in [0.2, 0.25) is 11.8 Å². The van der Waals surface area contributed by atoms with Crippen LogP contribution in [0.3, 0.4) is 0 Å². The molecule has 3 atom stereocenters. The number of aromatic nitrogens is 2. The SMILES string of the molecule is CCN1CC(c2nnc(-c3cc4c(cc3F)C(C)(F)C[C@@H](N)C(=O)N4Cc3ccc(OC(C)(F)F)cc3)o2)CC(F)(F)C1. The molecule has 0 aliphatic carbocycles. The zero-order valence-electron chi connectivity index (χ0n) is 23.7. The number of nitrogens with zero attached hydrogens (tertiary/aromatic N) is 4. The molecule has 3 heterocycles. The fraction of sp³-hybridized carbons (Fsp3) is 0.483. The van der Waals surface area contributed by atoms with E-state index in [0.29, 0.717) is 19.0 Å². The predicted octanol–water partition coefficient (Wildman–Crippen LogP) is 5.76. The maximum Gasteiger partial charge on any atom is 0.394 e. The summed E-state index contributed by atoms with van der Waals surface area (Å²) in [7, 11) is 0. The van der Waals surface area contributed by atoms with Crippen LogP contribution >= 0.6 is 0 Å². The van der Waals surface area contributed by atoms with Gasteiger partial charge in [0.05, 0.1) is 36.3 Å². The lowest BCUT2D eigenvalue weighted by Gasteiger charge is -2.35. The monoisotopic (exact) mass is 611 g/mol. The zero-order chi connectivity index (χ0) is 31.3. The van der Waals surface area contributed by atoms with Gasteiger partial charge in [0, 0.05) is 31.9 Å². The number of rotatable bonds is 7. The standard InChI is InChI=1S/C29H31F6N5O3/c1-4-39-14-17(11-29(34,35)15-39)24-37-38-25(42-24)19-9-23-20(10-21(19)30)27(2,31)12-22(36)26(41)40(23)13-16-5-7-18(8-6-16)43-28(3,32)33/h5-10,17,22H,4,11-15,36H2,1-3H3/t17?,22-,27?/m1/s1. The lowest BCUT2D eigenvalue weighted by molar-refractivity contribution is -0.158. The van der Waals surface area contributed by atoms with Crippen molar-refractivity contribution in [3.05, 3.63) is 59.2 Å². The lowest BCUT2D eigenvalue weighted by Crippen LogP contribution is -2.46. The van der Waals surface area contributed by atoms with Crippen LogP contribution in [0.1, 0.15) is 56.5 Å². The third kappa shape index (κ3) is 6.64. The molecular weight excluding hydrogens is 580 g/mol. The van der Waals surface area contributed by atoms with Crippen LogP contribution in [0.5, 0.6) is 5.75 Å². The molecule has 1 fully saturated rings. The van der Waals surface area contributed by atoms with Gasteiger partial charge in [-0.15, -0.1) is 10.2 Å². The van der Waals surface area contributed by atoms with Crippen LogP contribution in [0.15, 0.2) is 40.8 Å². The summed E-state index contributed by atoms with van der Waals surface area (Å²) in [6.07, 6.45) is -4.35. The van der Waals surface area contributed by atoms with Gasteiger partial charge in [-0.25, -0.2) is 17.6 Å². The Hall–Kier alpha value is -3.65. The molecule has 43 heavy (non-hydrogen) atoms. The first-order valence-electron chi connectivity index (χ1n) is 13.7. The summed E-state index contributed by atoms with van der Waals surface area (Å²) >= 11 is 0. The summed E-state index contributed by atoms with van der Waals surface area (Å²) in [6, 6.07) is 6.33. The first-order chi connectivity index (χ1) is 20.0. The van der Waals surface area contributed by atoms with Gasteiger partial charge in [-0.1, -0.05) is 19.1 Å². The molecule has 1 aromatic heterocycles. The fourth-order valence-electron chi connectivity index (χ4n) is 5.62. The number of halogens is 6. The van der Waals surface area contributed by atoms with E-state index in [4.69, 9.17) is 10.2 Å². The van der Waals surface area contributed by atoms with Crippen LogP contribution in [0.4, 0.5) is 32.0 Å². The van der Waals surface area contributed by atoms with Crippen molar-refractivity contribution in [3.8, 4) is 17.2 Å². The van der Waals surface area contributed by atoms with Crippen molar-refractivity contribution in [2.45, 2.75) is 69.8 Å². The Bertz CT molecular complexity index is 1490. The van der Waals surface area contributed by atoms with Gasteiger partial charge in [0.1, 0.15) is 17.2 Å². The molecule has 2 aliphatic rings. The Morgan fingerprint density at radius 1 is 1.14 bits per heavy atom. The van der Waals surface area contributed by atoms with Gasteiger partial charge in [-0.2, -0.15) is 8.78 Å². The molecule has 0 radical (unpaired) electrons. The van der Waals surface area contributed by atoms with Crippen molar-refractivity contribution in [1.82, 2.24) is 15.1 Å². The highest BCUT2D eigenvalue weighted by Gasteiger charge is 2.44. The van der Waals surface area contributed by atoms with Crippen LogP contribution in [0.25, 0.3) is 11.5 Å². The molecule has 0 saturated carbocycles. The summed E-state index contributed by atoms with van der Waals surface area (Å²) < 4.78 is 96.8. The van der Waals surface area contributed by atoms with Crippen molar-refractivity contribution < 1.29 is 40.3 Å². The predicted molar refractivity (Wildman–Crippen MR) is 144 cm³/mol. The molecule has 2 N–H and O–H groups in total. The highest BCUT2D eigenvalue weighted by molar-refractivity contribution is 5.99. The Morgan fingerprint density at radius 2 is 1.84 bits per heavy atom. The minimum Gasteiger partial charge on any atom is -0.433 e. The van der Waals surface area contributed by atoms with Crippen molar-refractivity contribution in [2.24, 2.45) is 5.73 Å². The quantitative estimate of drug-likeness (QED) is 0.340. The number of hydrogen-bond acceptors (Lipinski definition) is 7. The molecule has 3 aromatic rings. The van der Waals surface area contributed by atoms with E-state index in [1.54, 1.807) is 11.8 Å². The summed E-state index contributed by atoms with van der Waals surface area (Å²) in [5.74, 6) is -5.87. The Kier molecular flexibility index (Phi) is 7.97. The number of carbonyl (C=O) groups is 1. The Labute approximate surface area is 243 Å². The molecule has 1 saturated heterocycles. The van der Waals surface area contributed by atoms with Gasteiger partial charge in [-0.3, -0.25) is 9.69 Å². The minimum atomic E-state index is -3.40. The van der Waals surface area contributed by atoms with Gasteiger partial charge in [-0.05, 0) is 43.3 Å². The molecule has 0 bridgehead atoms. The summed E-state index contributed by atoms with van der Waals surface area (Å²) in [5.41, 5.74) is 3.89. The van der Waals surface area contributed by atoms with Gasteiger partial charge in [0.25, 0.3) is 11.8 Å². The molecule has 2 unspecified atom stereocenters. The Morgan fingerprint density at radius 3 is 2.49 bits per heavy atom. The third-order valence-electron chi connectivity index (χ3n) is 7.63. The Balaban J connectivity index is 1.52. The first kappa shape index (κ1) is 30.8. The lowest BCUT2D eigenvalue weighted by atomic mass is 9.90. The normalized spacial score (nSPS) is 24.5. The fourth-order valence-corrected chi connectivity index (χ4v) is 5.62. The molecule has 232 valence electrons. The summed E-state index contributed by atoms with van der Waals surface area (Å²) in [4.78, 5) is 16.1. The van der Waals surface area contributed by atoms with E-state index in [0.717, 1.165) is 6.07 Å². The van der Waals surface area contributed by atoms with Crippen molar-refractivity contribution >= 4 is 11.6 Å². The number of likely N-dealkylation sites (N-methyl/N-ethyl adjacent to an activating group) is 1. The topological polar surface area (TPSA) is 97.7 Å². The van der Waals surface area contributed by atoms with Crippen molar-refractivity contribution in [1.29, 1.82) is 0 Å². The molecule has 2 aromatic carbocycles. The number of benzene rings is 2. The second kappa shape index (κ2) is 11.1.